The van der Waals surface area contributed by atoms with Gasteiger partial charge in [-0.2, -0.15) is 0 Å². The molecule has 0 aliphatic rings. The van der Waals surface area contributed by atoms with Crippen LogP contribution in [0.2, 0.25) is 0 Å². The van der Waals surface area contributed by atoms with Crippen LogP contribution in [0.5, 0.6) is 5.75 Å². The Morgan fingerprint density at radius 2 is 2.00 bits per heavy atom. The highest BCUT2D eigenvalue weighted by atomic mass is 32.1. The van der Waals surface area contributed by atoms with Gasteiger partial charge in [-0.05, 0) is 6.07 Å². The van der Waals surface area contributed by atoms with Gasteiger partial charge in [-0.3, -0.25) is 4.98 Å². The van der Waals surface area contributed by atoms with E-state index < -0.39 is 0 Å². The molecule has 16 heavy (non-hydrogen) atoms. The maximum Gasteiger partial charge on any atom is 0.190 e. The van der Waals surface area contributed by atoms with Gasteiger partial charge in [-0.15, -0.1) is 0 Å². The Morgan fingerprint density at radius 1 is 1.12 bits per heavy atom. The van der Waals surface area contributed by atoms with E-state index in [0.717, 1.165) is 4.83 Å². The van der Waals surface area contributed by atoms with Crippen LogP contribution in [0.3, 0.4) is 0 Å². The second-order valence-electron chi connectivity index (χ2n) is 3.10. The lowest BCUT2D eigenvalue weighted by Gasteiger charge is -1.97. The number of hydrogen-bond acceptors (Lipinski definition) is 6. The van der Waals surface area contributed by atoms with Crippen LogP contribution in [0.25, 0.3) is 21.0 Å². The van der Waals surface area contributed by atoms with Crippen molar-refractivity contribution in [2.75, 3.05) is 0 Å². The van der Waals surface area contributed by atoms with E-state index in [1.54, 1.807) is 24.7 Å². The largest absolute Gasteiger partial charge is 0.506 e. The number of hydrogen-bond donors (Lipinski definition) is 1. The summed E-state index contributed by atoms with van der Waals surface area (Å²) in [6.07, 6.45) is 6.22. The first-order valence-corrected chi connectivity index (χ1v) is 5.37. The lowest BCUT2D eigenvalue weighted by molar-refractivity contribution is 0.474. The summed E-state index contributed by atoms with van der Waals surface area (Å²) >= 11 is 1.39. The van der Waals surface area contributed by atoms with Gasteiger partial charge in [0.05, 0.1) is 11.8 Å². The predicted octanol–water partition coefficient (Wildman–Crippen LogP) is 1.85. The molecule has 0 spiro atoms. The van der Waals surface area contributed by atoms with Crippen molar-refractivity contribution in [3.05, 3.63) is 30.9 Å². The van der Waals surface area contributed by atoms with Crippen molar-refractivity contribution >= 4 is 21.8 Å². The van der Waals surface area contributed by atoms with Gasteiger partial charge >= 0.3 is 0 Å². The Morgan fingerprint density at radius 3 is 2.81 bits per heavy atom. The molecule has 0 saturated heterocycles. The van der Waals surface area contributed by atoms with Gasteiger partial charge in [-0.25, -0.2) is 15.0 Å². The molecule has 0 atom stereocenters. The van der Waals surface area contributed by atoms with E-state index in [-0.39, 0.29) is 5.75 Å². The molecule has 0 unspecified atom stereocenters. The third-order valence-corrected chi connectivity index (χ3v) is 3.06. The van der Waals surface area contributed by atoms with E-state index in [1.807, 2.05) is 0 Å². The van der Waals surface area contributed by atoms with E-state index in [9.17, 15) is 5.11 Å². The standard InChI is InChI=1S/C10H6N4OS/c15-7-5-11-2-1-6(7)9-14-8-10(16-9)13-4-3-12-8/h1-5,15H. The quantitative estimate of drug-likeness (QED) is 0.690. The Bertz CT molecular complexity index is 619. The first-order valence-electron chi connectivity index (χ1n) is 4.55. The smallest absolute Gasteiger partial charge is 0.190 e. The van der Waals surface area contributed by atoms with Crippen molar-refractivity contribution in [2.24, 2.45) is 0 Å². The number of pyridine rings is 1. The fourth-order valence-corrected chi connectivity index (χ4v) is 2.26. The molecule has 0 aliphatic carbocycles. The minimum absolute atomic E-state index is 0.113. The fourth-order valence-electron chi connectivity index (χ4n) is 1.36. The number of aromatic hydroxyl groups is 1. The van der Waals surface area contributed by atoms with Gasteiger partial charge < -0.3 is 5.11 Å². The molecular weight excluding hydrogens is 224 g/mol. The predicted molar refractivity (Wildman–Crippen MR) is 60.1 cm³/mol. The zero-order valence-corrected chi connectivity index (χ0v) is 8.85. The lowest BCUT2D eigenvalue weighted by atomic mass is 10.2. The molecule has 3 rings (SSSR count). The third-order valence-electron chi connectivity index (χ3n) is 2.08. The molecule has 0 aromatic carbocycles. The zero-order chi connectivity index (χ0) is 11.0. The van der Waals surface area contributed by atoms with Gasteiger partial charge in [0.1, 0.15) is 10.8 Å². The average molecular weight is 230 g/mol. The highest BCUT2D eigenvalue weighted by Crippen LogP contribution is 2.32. The molecule has 1 N–H and O–H groups in total. The number of rotatable bonds is 1. The summed E-state index contributed by atoms with van der Waals surface area (Å²) in [5.41, 5.74) is 1.25. The van der Waals surface area contributed by atoms with Gasteiger partial charge in [-0.1, -0.05) is 11.3 Å². The van der Waals surface area contributed by atoms with E-state index in [4.69, 9.17) is 0 Å². The summed E-state index contributed by atoms with van der Waals surface area (Å²) in [6.45, 7) is 0. The minimum Gasteiger partial charge on any atom is -0.506 e. The van der Waals surface area contributed by atoms with Gasteiger partial charge in [0.25, 0.3) is 0 Å². The van der Waals surface area contributed by atoms with Crippen molar-refractivity contribution in [1.29, 1.82) is 0 Å². The Hall–Kier alpha value is -2.08. The van der Waals surface area contributed by atoms with Crippen molar-refractivity contribution in [1.82, 2.24) is 19.9 Å². The Labute approximate surface area is 94.5 Å². The molecule has 0 aliphatic heterocycles. The van der Waals surface area contributed by atoms with Crippen molar-refractivity contribution in [3.63, 3.8) is 0 Å². The SMILES string of the molecule is Oc1cnccc1-c1nc2nccnc2s1. The normalized spacial score (nSPS) is 10.8. The lowest BCUT2D eigenvalue weighted by Crippen LogP contribution is -1.80. The van der Waals surface area contributed by atoms with Crippen LogP contribution >= 0.6 is 11.3 Å². The van der Waals surface area contributed by atoms with Crippen molar-refractivity contribution in [2.45, 2.75) is 0 Å². The number of aromatic nitrogens is 4. The fraction of sp³-hybridized carbons (Fsp3) is 0. The van der Waals surface area contributed by atoms with Crippen LogP contribution in [-0.2, 0) is 0 Å². The Kier molecular flexibility index (Phi) is 2.00. The number of thiazole rings is 1. The molecule has 6 heteroatoms. The third kappa shape index (κ3) is 1.40. The van der Waals surface area contributed by atoms with E-state index in [0.29, 0.717) is 16.2 Å². The summed E-state index contributed by atoms with van der Waals surface area (Å²) < 4.78 is 0. The van der Waals surface area contributed by atoms with E-state index in [2.05, 4.69) is 19.9 Å². The minimum atomic E-state index is 0.113. The summed E-state index contributed by atoms with van der Waals surface area (Å²) in [6, 6.07) is 1.72. The molecular formula is C10H6N4OS. The molecule has 0 fully saturated rings. The van der Waals surface area contributed by atoms with Crippen LogP contribution in [0.1, 0.15) is 0 Å². The summed E-state index contributed by atoms with van der Waals surface area (Å²) in [5, 5.41) is 10.3. The van der Waals surface area contributed by atoms with Crippen LogP contribution in [0.4, 0.5) is 0 Å². The van der Waals surface area contributed by atoms with Gasteiger partial charge in [0, 0.05) is 18.6 Å². The van der Waals surface area contributed by atoms with Crippen LogP contribution in [-0.4, -0.2) is 25.0 Å². The van der Waals surface area contributed by atoms with Gasteiger partial charge in [0.15, 0.2) is 10.5 Å². The average Bonchev–Trinajstić information content (AvgIpc) is 2.73. The maximum atomic E-state index is 9.65. The molecule has 3 heterocycles. The molecule has 3 aromatic rings. The molecule has 0 saturated carbocycles. The Balaban J connectivity index is 2.23. The highest BCUT2D eigenvalue weighted by Gasteiger charge is 2.10. The summed E-state index contributed by atoms with van der Waals surface area (Å²) in [7, 11) is 0. The van der Waals surface area contributed by atoms with E-state index in [1.165, 1.54) is 17.5 Å². The summed E-state index contributed by atoms with van der Waals surface area (Å²) in [5.74, 6) is 0.113. The molecule has 78 valence electrons. The van der Waals surface area contributed by atoms with Crippen LogP contribution in [0.15, 0.2) is 30.9 Å². The molecule has 0 bridgehead atoms. The molecule has 0 radical (unpaired) electrons. The number of nitrogens with zero attached hydrogens (tertiary/aromatic N) is 4. The van der Waals surface area contributed by atoms with Crippen LogP contribution in [0, 0.1) is 0 Å². The van der Waals surface area contributed by atoms with E-state index >= 15 is 0 Å². The topological polar surface area (TPSA) is 71.8 Å². The second kappa shape index (κ2) is 3.49. The van der Waals surface area contributed by atoms with Crippen LogP contribution < -0.4 is 0 Å². The maximum absolute atomic E-state index is 9.65. The monoisotopic (exact) mass is 230 g/mol. The van der Waals surface area contributed by atoms with Crippen molar-refractivity contribution in [3.8, 4) is 16.3 Å². The zero-order valence-electron chi connectivity index (χ0n) is 8.03. The highest BCUT2D eigenvalue weighted by molar-refractivity contribution is 7.21. The second-order valence-corrected chi connectivity index (χ2v) is 4.07. The van der Waals surface area contributed by atoms with Gasteiger partial charge in [0.2, 0.25) is 0 Å². The summed E-state index contributed by atoms with van der Waals surface area (Å²) in [4.78, 5) is 17.1. The van der Waals surface area contributed by atoms with Crippen molar-refractivity contribution < 1.29 is 5.11 Å². The molecule has 0 amide bonds. The number of fused-ring (bicyclic) bond motifs is 1. The molecule has 5 nitrogen and oxygen atoms in total. The molecule has 3 aromatic heterocycles. The first kappa shape index (κ1) is 9.17. The first-order chi connectivity index (χ1) is 7.84.